The first-order valence-electron chi connectivity index (χ1n) is 7.92. The minimum atomic E-state index is 0.448. The van der Waals surface area contributed by atoms with E-state index in [2.05, 4.69) is 33.1 Å². The molecule has 0 aliphatic heterocycles. The first-order valence-corrected chi connectivity index (χ1v) is 7.92. The van der Waals surface area contributed by atoms with Gasteiger partial charge in [0.15, 0.2) is 0 Å². The Bertz CT molecular complexity index is 255. The van der Waals surface area contributed by atoms with E-state index in [0.29, 0.717) is 18.2 Å². The second-order valence-corrected chi connectivity index (χ2v) is 6.88. The Balaban J connectivity index is 1.87. The van der Waals surface area contributed by atoms with Crippen LogP contribution in [0.15, 0.2) is 0 Å². The van der Waals surface area contributed by atoms with Crippen LogP contribution in [-0.2, 0) is 4.74 Å². The van der Waals surface area contributed by atoms with Crippen molar-refractivity contribution < 1.29 is 4.74 Å². The van der Waals surface area contributed by atoms with Gasteiger partial charge in [-0.3, -0.25) is 0 Å². The van der Waals surface area contributed by atoms with E-state index >= 15 is 0 Å². The highest BCUT2D eigenvalue weighted by Crippen LogP contribution is 2.34. The first-order chi connectivity index (χ1) is 8.60. The van der Waals surface area contributed by atoms with Crippen LogP contribution in [0.2, 0.25) is 0 Å². The van der Waals surface area contributed by atoms with Gasteiger partial charge in [-0.1, -0.05) is 20.8 Å². The lowest BCUT2D eigenvalue weighted by molar-refractivity contribution is -0.0794. The largest absolute Gasteiger partial charge is 0.373 e. The van der Waals surface area contributed by atoms with Gasteiger partial charge in [-0.25, -0.2) is 0 Å². The van der Waals surface area contributed by atoms with Gasteiger partial charge in [-0.2, -0.15) is 0 Å². The average Bonchev–Trinajstić information content (AvgIpc) is 2.34. The minimum absolute atomic E-state index is 0.448. The molecule has 2 nitrogen and oxygen atoms in total. The zero-order chi connectivity index (χ0) is 13.1. The zero-order valence-corrected chi connectivity index (χ0v) is 12.6. The molecule has 2 aliphatic rings. The highest BCUT2D eigenvalue weighted by atomic mass is 16.5. The van der Waals surface area contributed by atoms with Gasteiger partial charge in [-0.05, 0) is 63.3 Å². The molecule has 1 N–H and O–H groups in total. The normalized spacial score (nSPS) is 46.0. The second kappa shape index (κ2) is 6.38. The van der Waals surface area contributed by atoms with Crippen LogP contribution in [0.4, 0.5) is 0 Å². The van der Waals surface area contributed by atoms with Crippen molar-refractivity contribution in [2.75, 3.05) is 7.05 Å². The Morgan fingerprint density at radius 2 is 1.67 bits per heavy atom. The Morgan fingerprint density at radius 1 is 0.889 bits per heavy atom. The van der Waals surface area contributed by atoms with Crippen molar-refractivity contribution in [1.82, 2.24) is 5.32 Å². The van der Waals surface area contributed by atoms with E-state index in [1.54, 1.807) is 0 Å². The summed E-state index contributed by atoms with van der Waals surface area (Å²) >= 11 is 0. The molecule has 0 amide bonds. The molecule has 6 unspecified atom stereocenters. The standard InChI is InChI=1S/C16H31NO/c1-11-5-8-15(17-4)16(9-11)18-14-7-6-12(2)13(3)10-14/h11-17H,5-10H2,1-4H3. The van der Waals surface area contributed by atoms with Gasteiger partial charge < -0.3 is 10.1 Å². The highest BCUT2D eigenvalue weighted by molar-refractivity contribution is 4.86. The van der Waals surface area contributed by atoms with E-state index < -0.39 is 0 Å². The van der Waals surface area contributed by atoms with Gasteiger partial charge in [0.1, 0.15) is 0 Å². The third-order valence-electron chi connectivity index (χ3n) is 5.34. The minimum Gasteiger partial charge on any atom is -0.373 e. The fourth-order valence-corrected chi connectivity index (χ4v) is 3.68. The van der Waals surface area contributed by atoms with E-state index in [4.69, 9.17) is 4.74 Å². The van der Waals surface area contributed by atoms with Crippen molar-refractivity contribution in [3.63, 3.8) is 0 Å². The maximum absolute atomic E-state index is 6.46. The summed E-state index contributed by atoms with van der Waals surface area (Å²) in [5, 5.41) is 3.46. The molecule has 2 heteroatoms. The van der Waals surface area contributed by atoms with E-state index in [1.165, 1.54) is 38.5 Å². The molecule has 0 spiro atoms. The van der Waals surface area contributed by atoms with Gasteiger partial charge in [0.25, 0.3) is 0 Å². The van der Waals surface area contributed by atoms with Gasteiger partial charge in [-0.15, -0.1) is 0 Å². The fourth-order valence-electron chi connectivity index (χ4n) is 3.68. The number of ether oxygens (including phenoxy) is 1. The summed E-state index contributed by atoms with van der Waals surface area (Å²) in [6, 6.07) is 0.579. The fraction of sp³-hybridized carbons (Fsp3) is 1.00. The van der Waals surface area contributed by atoms with Crippen LogP contribution in [-0.4, -0.2) is 25.3 Å². The molecule has 2 aliphatic carbocycles. The molecule has 18 heavy (non-hydrogen) atoms. The van der Waals surface area contributed by atoms with E-state index in [9.17, 15) is 0 Å². The lowest BCUT2D eigenvalue weighted by atomic mass is 9.79. The second-order valence-electron chi connectivity index (χ2n) is 6.88. The van der Waals surface area contributed by atoms with Crippen molar-refractivity contribution in [2.45, 2.75) is 77.5 Å². The van der Waals surface area contributed by atoms with Crippen LogP contribution in [0.25, 0.3) is 0 Å². The molecular weight excluding hydrogens is 222 g/mol. The molecule has 0 heterocycles. The number of rotatable bonds is 3. The molecule has 2 saturated carbocycles. The Kier molecular flexibility index (Phi) is 5.08. The Labute approximate surface area is 113 Å². The summed E-state index contributed by atoms with van der Waals surface area (Å²) in [5.41, 5.74) is 0. The number of hydrogen-bond acceptors (Lipinski definition) is 2. The lowest BCUT2D eigenvalue weighted by Gasteiger charge is -2.40. The monoisotopic (exact) mass is 253 g/mol. The van der Waals surface area contributed by atoms with Gasteiger partial charge in [0.2, 0.25) is 0 Å². The van der Waals surface area contributed by atoms with Crippen LogP contribution >= 0.6 is 0 Å². The van der Waals surface area contributed by atoms with E-state index in [0.717, 1.165) is 17.8 Å². The Hall–Kier alpha value is -0.0800. The lowest BCUT2D eigenvalue weighted by Crippen LogP contribution is -2.46. The molecule has 0 aromatic heterocycles. The van der Waals surface area contributed by atoms with Crippen LogP contribution in [0, 0.1) is 17.8 Å². The van der Waals surface area contributed by atoms with Crippen LogP contribution in [0.5, 0.6) is 0 Å². The van der Waals surface area contributed by atoms with Crippen molar-refractivity contribution >= 4 is 0 Å². The van der Waals surface area contributed by atoms with Crippen molar-refractivity contribution in [1.29, 1.82) is 0 Å². The topological polar surface area (TPSA) is 21.3 Å². The molecule has 0 bridgehead atoms. The Morgan fingerprint density at radius 3 is 2.33 bits per heavy atom. The number of likely N-dealkylation sites (N-methyl/N-ethyl adjacent to an activating group) is 1. The predicted octanol–water partition coefficient (Wildman–Crippen LogP) is 3.60. The summed E-state index contributed by atoms with van der Waals surface area (Å²) in [5.74, 6) is 2.55. The highest BCUT2D eigenvalue weighted by Gasteiger charge is 2.32. The molecular formula is C16H31NO. The molecule has 2 rings (SSSR count). The predicted molar refractivity (Wildman–Crippen MR) is 76.7 cm³/mol. The van der Waals surface area contributed by atoms with Gasteiger partial charge in [0, 0.05) is 6.04 Å². The summed E-state index contributed by atoms with van der Waals surface area (Å²) in [4.78, 5) is 0. The molecule has 2 fully saturated rings. The maximum atomic E-state index is 6.46. The molecule has 0 radical (unpaired) electrons. The molecule has 106 valence electrons. The van der Waals surface area contributed by atoms with Crippen LogP contribution in [0.1, 0.15) is 59.3 Å². The quantitative estimate of drug-likeness (QED) is 0.829. The van der Waals surface area contributed by atoms with Crippen LogP contribution < -0.4 is 5.32 Å². The SMILES string of the molecule is CNC1CCC(C)CC1OC1CCC(C)C(C)C1. The number of hydrogen-bond donors (Lipinski definition) is 1. The van der Waals surface area contributed by atoms with Crippen molar-refractivity contribution in [3.8, 4) is 0 Å². The molecule has 0 aromatic rings. The third-order valence-corrected chi connectivity index (χ3v) is 5.34. The summed E-state index contributed by atoms with van der Waals surface area (Å²) < 4.78 is 6.46. The molecule has 6 atom stereocenters. The van der Waals surface area contributed by atoms with Gasteiger partial charge in [0.05, 0.1) is 12.2 Å². The third kappa shape index (κ3) is 3.48. The van der Waals surface area contributed by atoms with Crippen molar-refractivity contribution in [2.24, 2.45) is 17.8 Å². The average molecular weight is 253 g/mol. The van der Waals surface area contributed by atoms with Crippen LogP contribution in [0.3, 0.4) is 0 Å². The van der Waals surface area contributed by atoms with Gasteiger partial charge >= 0.3 is 0 Å². The molecule has 0 saturated heterocycles. The maximum Gasteiger partial charge on any atom is 0.0734 e. The number of nitrogens with one attached hydrogen (secondary N) is 1. The van der Waals surface area contributed by atoms with E-state index in [-0.39, 0.29) is 0 Å². The smallest absolute Gasteiger partial charge is 0.0734 e. The summed E-state index contributed by atoms with van der Waals surface area (Å²) in [6.07, 6.45) is 8.72. The van der Waals surface area contributed by atoms with Crippen molar-refractivity contribution in [3.05, 3.63) is 0 Å². The first kappa shape index (κ1) is 14.3. The summed E-state index contributed by atoms with van der Waals surface area (Å²) in [6.45, 7) is 7.15. The summed E-state index contributed by atoms with van der Waals surface area (Å²) in [7, 11) is 2.09. The zero-order valence-electron chi connectivity index (χ0n) is 12.6. The molecule has 0 aromatic carbocycles. The van der Waals surface area contributed by atoms with E-state index in [1.807, 2.05) is 0 Å².